The van der Waals surface area contributed by atoms with Gasteiger partial charge < -0.3 is 10.6 Å². The Morgan fingerprint density at radius 1 is 1.50 bits per heavy atom. The molecule has 0 radical (unpaired) electrons. The normalized spacial score (nSPS) is 11.1. The molecule has 0 rings (SSSR count). The second kappa shape index (κ2) is 6.60. The molecule has 0 spiro atoms. The second-order valence-electron chi connectivity index (χ2n) is 4.04. The standard InChI is InChI=1S/C11H22N2O/c1-5-7-8-12-9-10(14)13-11(3,4)6-2/h5,12H,1,6-9H2,2-4H3,(H,13,14). The number of hydrogen-bond donors (Lipinski definition) is 2. The van der Waals surface area contributed by atoms with Gasteiger partial charge in [-0.25, -0.2) is 0 Å². The van der Waals surface area contributed by atoms with Gasteiger partial charge >= 0.3 is 0 Å². The molecule has 0 aromatic carbocycles. The Morgan fingerprint density at radius 3 is 2.64 bits per heavy atom. The quantitative estimate of drug-likeness (QED) is 0.480. The van der Waals surface area contributed by atoms with Gasteiger partial charge in [-0.1, -0.05) is 13.0 Å². The molecule has 0 bridgehead atoms. The van der Waals surface area contributed by atoms with Crippen LogP contribution in [0.1, 0.15) is 33.6 Å². The predicted molar refractivity (Wildman–Crippen MR) is 60.2 cm³/mol. The van der Waals surface area contributed by atoms with E-state index in [0.29, 0.717) is 6.54 Å². The molecule has 2 N–H and O–H groups in total. The highest BCUT2D eigenvalue weighted by atomic mass is 16.2. The minimum absolute atomic E-state index is 0.0564. The van der Waals surface area contributed by atoms with Gasteiger partial charge in [0.05, 0.1) is 6.54 Å². The topological polar surface area (TPSA) is 41.1 Å². The fraction of sp³-hybridized carbons (Fsp3) is 0.727. The SMILES string of the molecule is C=CCCNCC(=O)NC(C)(C)CC. The Labute approximate surface area is 87.0 Å². The van der Waals surface area contributed by atoms with E-state index in [1.54, 1.807) is 0 Å². The van der Waals surface area contributed by atoms with Crippen molar-refractivity contribution in [2.75, 3.05) is 13.1 Å². The van der Waals surface area contributed by atoms with Crippen molar-refractivity contribution in [1.29, 1.82) is 0 Å². The number of carbonyl (C=O) groups is 1. The van der Waals surface area contributed by atoms with Crippen molar-refractivity contribution < 1.29 is 4.79 Å². The maximum absolute atomic E-state index is 11.4. The van der Waals surface area contributed by atoms with Gasteiger partial charge in [0.15, 0.2) is 0 Å². The molecule has 0 saturated carbocycles. The Hall–Kier alpha value is -0.830. The largest absolute Gasteiger partial charge is 0.350 e. The highest BCUT2D eigenvalue weighted by Crippen LogP contribution is 2.05. The summed E-state index contributed by atoms with van der Waals surface area (Å²) in [5, 5.41) is 6.01. The van der Waals surface area contributed by atoms with E-state index in [9.17, 15) is 4.79 Å². The molecule has 14 heavy (non-hydrogen) atoms. The van der Waals surface area contributed by atoms with Crippen LogP contribution in [0.4, 0.5) is 0 Å². The van der Waals surface area contributed by atoms with Crippen molar-refractivity contribution >= 4 is 5.91 Å². The van der Waals surface area contributed by atoms with Gasteiger partial charge in [0.1, 0.15) is 0 Å². The third kappa shape index (κ3) is 6.66. The molecule has 0 aliphatic rings. The molecule has 0 heterocycles. The highest BCUT2D eigenvalue weighted by molar-refractivity contribution is 5.78. The molecule has 0 aromatic rings. The average molecular weight is 198 g/mol. The Morgan fingerprint density at radius 2 is 2.14 bits per heavy atom. The van der Waals surface area contributed by atoms with Gasteiger partial charge in [-0.2, -0.15) is 0 Å². The highest BCUT2D eigenvalue weighted by Gasteiger charge is 2.16. The van der Waals surface area contributed by atoms with E-state index in [4.69, 9.17) is 0 Å². The number of carbonyl (C=O) groups excluding carboxylic acids is 1. The van der Waals surface area contributed by atoms with Crippen LogP contribution in [0.15, 0.2) is 12.7 Å². The van der Waals surface area contributed by atoms with Crippen molar-refractivity contribution in [1.82, 2.24) is 10.6 Å². The Kier molecular flexibility index (Phi) is 6.21. The van der Waals surface area contributed by atoms with Crippen molar-refractivity contribution in [2.45, 2.75) is 39.2 Å². The molecule has 0 aliphatic carbocycles. The van der Waals surface area contributed by atoms with Crippen LogP contribution in [0.25, 0.3) is 0 Å². The van der Waals surface area contributed by atoms with Crippen molar-refractivity contribution in [3.63, 3.8) is 0 Å². The first kappa shape index (κ1) is 13.2. The zero-order valence-corrected chi connectivity index (χ0v) is 9.52. The van der Waals surface area contributed by atoms with Crippen LogP contribution in [-0.4, -0.2) is 24.5 Å². The lowest BCUT2D eigenvalue weighted by Gasteiger charge is -2.24. The van der Waals surface area contributed by atoms with Gasteiger partial charge in [-0.15, -0.1) is 6.58 Å². The van der Waals surface area contributed by atoms with Crippen LogP contribution in [0, 0.1) is 0 Å². The van der Waals surface area contributed by atoms with Crippen LogP contribution in [0.5, 0.6) is 0 Å². The van der Waals surface area contributed by atoms with Crippen LogP contribution >= 0.6 is 0 Å². The molecule has 82 valence electrons. The van der Waals surface area contributed by atoms with E-state index in [1.165, 1.54) is 0 Å². The van der Waals surface area contributed by atoms with Gasteiger partial charge in [0.2, 0.25) is 5.91 Å². The van der Waals surface area contributed by atoms with E-state index < -0.39 is 0 Å². The third-order valence-electron chi connectivity index (χ3n) is 2.17. The maximum Gasteiger partial charge on any atom is 0.234 e. The van der Waals surface area contributed by atoms with E-state index >= 15 is 0 Å². The molecule has 0 fully saturated rings. The first-order valence-electron chi connectivity index (χ1n) is 5.14. The summed E-state index contributed by atoms with van der Waals surface area (Å²) >= 11 is 0. The number of hydrogen-bond acceptors (Lipinski definition) is 2. The summed E-state index contributed by atoms with van der Waals surface area (Å²) in [6.07, 6.45) is 3.66. The molecule has 0 unspecified atom stereocenters. The lowest BCUT2D eigenvalue weighted by atomic mass is 10.0. The van der Waals surface area contributed by atoms with E-state index in [1.807, 2.05) is 19.9 Å². The Bertz CT molecular complexity index is 188. The molecule has 1 amide bonds. The fourth-order valence-electron chi connectivity index (χ4n) is 0.916. The summed E-state index contributed by atoms with van der Waals surface area (Å²) in [6.45, 7) is 10.9. The van der Waals surface area contributed by atoms with E-state index in [2.05, 4.69) is 24.1 Å². The van der Waals surface area contributed by atoms with Crippen LogP contribution in [0.2, 0.25) is 0 Å². The molecule has 0 aliphatic heterocycles. The molecular formula is C11H22N2O. The molecular weight excluding hydrogens is 176 g/mol. The summed E-state index contributed by atoms with van der Waals surface area (Å²) < 4.78 is 0. The molecule has 0 aromatic heterocycles. The summed E-state index contributed by atoms with van der Waals surface area (Å²) in [5.74, 6) is 0.0564. The first-order chi connectivity index (χ1) is 6.52. The zero-order valence-electron chi connectivity index (χ0n) is 9.52. The fourth-order valence-corrected chi connectivity index (χ4v) is 0.916. The first-order valence-corrected chi connectivity index (χ1v) is 5.14. The zero-order chi connectivity index (χ0) is 11.0. The van der Waals surface area contributed by atoms with Crippen molar-refractivity contribution in [3.8, 4) is 0 Å². The molecule has 0 atom stereocenters. The third-order valence-corrected chi connectivity index (χ3v) is 2.17. The summed E-state index contributed by atoms with van der Waals surface area (Å²) in [5.41, 5.74) is -0.1000. The van der Waals surface area contributed by atoms with Crippen molar-refractivity contribution in [3.05, 3.63) is 12.7 Å². The van der Waals surface area contributed by atoms with Crippen molar-refractivity contribution in [2.24, 2.45) is 0 Å². The predicted octanol–water partition coefficient (Wildman–Crippen LogP) is 1.46. The Balaban J connectivity index is 3.60. The monoisotopic (exact) mass is 198 g/mol. The summed E-state index contributed by atoms with van der Waals surface area (Å²) in [7, 11) is 0. The van der Waals surface area contributed by atoms with E-state index in [0.717, 1.165) is 19.4 Å². The second-order valence-corrected chi connectivity index (χ2v) is 4.04. The van der Waals surface area contributed by atoms with Gasteiger partial charge in [-0.3, -0.25) is 4.79 Å². The van der Waals surface area contributed by atoms with E-state index in [-0.39, 0.29) is 11.4 Å². The average Bonchev–Trinajstić information content (AvgIpc) is 2.12. The smallest absolute Gasteiger partial charge is 0.234 e. The number of amides is 1. The number of nitrogens with one attached hydrogen (secondary N) is 2. The summed E-state index contributed by atoms with van der Waals surface area (Å²) in [4.78, 5) is 11.4. The molecule has 0 saturated heterocycles. The van der Waals surface area contributed by atoms with Crippen LogP contribution < -0.4 is 10.6 Å². The van der Waals surface area contributed by atoms with Gasteiger partial charge in [-0.05, 0) is 33.2 Å². The minimum atomic E-state index is -0.1000. The lowest BCUT2D eigenvalue weighted by Crippen LogP contribution is -2.46. The lowest BCUT2D eigenvalue weighted by molar-refractivity contribution is -0.121. The van der Waals surface area contributed by atoms with Gasteiger partial charge in [0, 0.05) is 5.54 Å². The number of rotatable bonds is 7. The van der Waals surface area contributed by atoms with Crippen LogP contribution in [0.3, 0.4) is 0 Å². The molecule has 3 nitrogen and oxygen atoms in total. The summed E-state index contributed by atoms with van der Waals surface area (Å²) in [6, 6.07) is 0. The van der Waals surface area contributed by atoms with Crippen LogP contribution in [-0.2, 0) is 4.79 Å². The van der Waals surface area contributed by atoms with Gasteiger partial charge in [0.25, 0.3) is 0 Å². The maximum atomic E-state index is 11.4. The minimum Gasteiger partial charge on any atom is -0.350 e. The molecule has 3 heteroatoms.